The SMILES string of the molecule is CCCCCCOc1ccc(Nc2nc(C)cc(=O)[nH]2)cc1. The van der Waals surface area contributed by atoms with Gasteiger partial charge in [-0.1, -0.05) is 26.2 Å². The molecule has 0 bridgehead atoms. The molecule has 0 radical (unpaired) electrons. The Labute approximate surface area is 130 Å². The summed E-state index contributed by atoms with van der Waals surface area (Å²) in [6, 6.07) is 9.10. The van der Waals surface area contributed by atoms with Crippen LogP contribution in [0.4, 0.5) is 11.6 Å². The highest BCUT2D eigenvalue weighted by Gasteiger charge is 2.00. The molecular formula is C17H23N3O2. The molecule has 0 unspecified atom stereocenters. The third-order valence-corrected chi connectivity index (χ3v) is 3.25. The summed E-state index contributed by atoms with van der Waals surface area (Å²) in [7, 11) is 0. The van der Waals surface area contributed by atoms with Gasteiger partial charge in [-0.2, -0.15) is 0 Å². The van der Waals surface area contributed by atoms with E-state index in [1.165, 1.54) is 25.3 Å². The van der Waals surface area contributed by atoms with Crippen LogP contribution in [0.2, 0.25) is 0 Å². The molecule has 0 saturated carbocycles. The summed E-state index contributed by atoms with van der Waals surface area (Å²) in [6.45, 7) is 4.73. The van der Waals surface area contributed by atoms with Gasteiger partial charge >= 0.3 is 0 Å². The van der Waals surface area contributed by atoms with Gasteiger partial charge in [0.25, 0.3) is 5.56 Å². The molecule has 0 saturated heterocycles. The van der Waals surface area contributed by atoms with Gasteiger partial charge in [-0.3, -0.25) is 9.78 Å². The van der Waals surface area contributed by atoms with Gasteiger partial charge in [-0.25, -0.2) is 4.98 Å². The highest BCUT2D eigenvalue weighted by atomic mass is 16.5. The van der Waals surface area contributed by atoms with E-state index in [-0.39, 0.29) is 5.56 Å². The number of nitrogens with one attached hydrogen (secondary N) is 2. The normalized spacial score (nSPS) is 10.5. The molecule has 2 N–H and O–H groups in total. The second kappa shape index (κ2) is 8.22. The van der Waals surface area contributed by atoms with Crippen molar-refractivity contribution in [3.05, 3.63) is 46.4 Å². The second-order valence-corrected chi connectivity index (χ2v) is 5.29. The molecule has 5 nitrogen and oxygen atoms in total. The maximum absolute atomic E-state index is 11.4. The first kappa shape index (κ1) is 16.1. The average molecular weight is 301 g/mol. The quantitative estimate of drug-likeness (QED) is 0.728. The van der Waals surface area contributed by atoms with Crippen molar-refractivity contribution in [1.82, 2.24) is 9.97 Å². The highest BCUT2D eigenvalue weighted by Crippen LogP contribution is 2.18. The molecule has 1 heterocycles. The first-order valence-electron chi connectivity index (χ1n) is 7.75. The minimum Gasteiger partial charge on any atom is -0.494 e. The fraction of sp³-hybridized carbons (Fsp3) is 0.412. The molecule has 22 heavy (non-hydrogen) atoms. The zero-order valence-corrected chi connectivity index (χ0v) is 13.2. The van der Waals surface area contributed by atoms with Crippen LogP contribution in [0.15, 0.2) is 35.1 Å². The molecule has 0 amide bonds. The van der Waals surface area contributed by atoms with Gasteiger partial charge in [0.1, 0.15) is 5.75 Å². The number of aryl methyl sites for hydroxylation is 1. The number of aromatic amines is 1. The third-order valence-electron chi connectivity index (χ3n) is 3.25. The van der Waals surface area contributed by atoms with E-state index in [0.29, 0.717) is 11.6 Å². The van der Waals surface area contributed by atoms with Gasteiger partial charge in [0.2, 0.25) is 5.95 Å². The molecule has 0 spiro atoms. The van der Waals surface area contributed by atoms with Crippen molar-refractivity contribution < 1.29 is 4.74 Å². The van der Waals surface area contributed by atoms with E-state index in [2.05, 4.69) is 22.2 Å². The van der Waals surface area contributed by atoms with Crippen molar-refractivity contribution in [2.45, 2.75) is 39.5 Å². The zero-order chi connectivity index (χ0) is 15.8. The Balaban J connectivity index is 1.87. The summed E-state index contributed by atoms with van der Waals surface area (Å²) in [5, 5.41) is 3.07. The molecular weight excluding hydrogens is 278 g/mol. The summed E-state index contributed by atoms with van der Waals surface area (Å²) in [5.41, 5.74) is 1.37. The molecule has 1 aromatic carbocycles. The van der Waals surface area contributed by atoms with E-state index in [4.69, 9.17) is 4.74 Å². The number of H-pyrrole nitrogens is 1. The van der Waals surface area contributed by atoms with Crippen LogP contribution in [-0.2, 0) is 0 Å². The van der Waals surface area contributed by atoms with E-state index in [1.807, 2.05) is 24.3 Å². The van der Waals surface area contributed by atoms with Crippen LogP contribution in [0.25, 0.3) is 0 Å². The minimum atomic E-state index is -0.165. The lowest BCUT2D eigenvalue weighted by Gasteiger charge is -2.08. The van der Waals surface area contributed by atoms with E-state index in [9.17, 15) is 4.79 Å². The molecule has 1 aromatic heterocycles. The highest BCUT2D eigenvalue weighted by molar-refractivity contribution is 5.54. The number of hydrogen-bond donors (Lipinski definition) is 2. The second-order valence-electron chi connectivity index (χ2n) is 5.29. The van der Waals surface area contributed by atoms with Gasteiger partial charge in [0, 0.05) is 17.4 Å². The van der Waals surface area contributed by atoms with Gasteiger partial charge in [0.05, 0.1) is 6.61 Å². The maximum atomic E-state index is 11.4. The Kier molecular flexibility index (Phi) is 6.01. The first-order chi connectivity index (χ1) is 10.7. The standard InChI is InChI=1S/C17H23N3O2/c1-3-4-5-6-11-22-15-9-7-14(8-10-15)19-17-18-13(2)12-16(21)20-17/h7-10,12H,3-6,11H2,1-2H3,(H2,18,19,20,21). The predicted molar refractivity (Wildman–Crippen MR) is 89.0 cm³/mol. The molecule has 0 aliphatic rings. The zero-order valence-electron chi connectivity index (χ0n) is 13.2. The fourth-order valence-corrected chi connectivity index (χ4v) is 2.13. The molecule has 2 rings (SSSR count). The molecule has 0 aliphatic heterocycles. The monoisotopic (exact) mass is 301 g/mol. The van der Waals surface area contributed by atoms with Crippen molar-refractivity contribution in [2.24, 2.45) is 0 Å². The van der Waals surface area contributed by atoms with E-state index in [0.717, 1.165) is 24.5 Å². The van der Waals surface area contributed by atoms with Gasteiger partial charge in [0.15, 0.2) is 0 Å². The van der Waals surface area contributed by atoms with Crippen LogP contribution in [0, 0.1) is 6.92 Å². The van der Waals surface area contributed by atoms with Crippen LogP contribution in [-0.4, -0.2) is 16.6 Å². The summed E-state index contributed by atoms with van der Waals surface area (Å²) >= 11 is 0. The first-order valence-corrected chi connectivity index (χ1v) is 7.75. The number of nitrogens with zero attached hydrogens (tertiary/aromatic N) is 1. The van der Waals surface area contributed by atoms with Crippen LogP contribution in [0.1, 0.15) is 38.3 Å². The lowest BCUT2D eigenvalue weighted by Crippen LogP contribution is -2.10. The minimum absolute atomic E-state index is 0.165. The van der Waals surface area contributed by atoms with Crippen molar-refractivity contribution in [1.29, 1.82) is 0 Å². The summed E-state index contributed by atoms with van der Waals surface area (Å²) in [5.74, 6) is 1.30. The topological polar surface area (TPSA) is 67.0 Å². The van der Waals surface area contributed by atoms with Crippen molar-refractivity contribution >= 4 is 11.6 Å². The van der Waals surface area contributed by atoms with Crippen LogP contribution < -0.4 is 15.6 Å². The van der Waals surface area contributed by atoms with Crippen molar-refractivity contribution in [3.63, 3.8) is 0 Å². The number of ether oxygens (including phenoxy) is 1. The predicted octanol–water partition coefficient (Wildman–Crippen LogP) is 3.78. The number of unbranched alkanes of at least 4 members (excludes halogenated alkanes) is 3. The van der Waals surface area contributed by atoms with E-state index < -0.39 is 0 Å². The molecule has 2 aromatic rings. The van der Waals surface area contributed by atoms with Crippen LogP contribution >= 0.6 is 0 Å². The molecule has 118 valence electrons. The summed E-state index contributed by atoms with van der Waals surface area (Å²) < 4.78 is 5.69. The fourth-order valence-electron chi connectivity index (χ4n) is 2.13. The number of rotatable bonds is 8. The van der Waals surface area contributed by atoms with Gasteiger partial charge in [-0.05, 0) is 37.6 Å². The molecule has 0 atom stereocenters. The van der Waals surface area contributed by atoms with Gasteiger partial charge in [-0.15, -0.1) is 0 Å². The van der Waals surface area contributed by atoms with E-state index >= 15 is 0 Å². The van der Waals surface area contributed by atoms with E-state index in [1.54, 1.807) is 6.92 Å². The Bertz CT molecular complexity index is 635. The smallest absolute Gasteiger partial charge is 0.252 e. The lowest BCUT2D eigenvalue weighted by molar-refractivity contribution is 0.305. The largest absolute Gasteiger partial charge is 0.494 e. The maximum Gasteiger partial charge on any atom is 0.252 e. The summed E-state index contributed by atoms with van der Waals surface area (Å²) in [4.78, 5) is 18.3. The Morgan fingerprint density at radius 3 is 2.64 bits per heavy atom. The Hall–Kier alpha value is -2.30. The van der Waals surface area contributed by atoms with Crippen molar-refractivity contribution in [2.75, 3.05) is 11.9 Å². The number of aromatic nitrogens is 2. The van der Waals surface area contributed by atoms with Crippen LogP contribution in [0.3, 0.4) is 0 Å². The van der Waals surface area contributed by atoms with Crippen molar-refractivity contribution in [3.8, 4) is 5.75 Å². The number of benzene rings is 1. The Morgan fingerprint density at radius 1 is 1.18 bits per heavy atom. The molecule has 0 fully saturated rings. The molecule has 0 aliphatic carbocycles. The van der Waals surface area contributed by atoms with Crippen LogP contribution in [0.5, 0.6) is 5.75 Å². The van der Waals surface area contributed by atoms with Gasteiger partial charge < -0.3 is 10.1 Å². The molecule has 5 heteroatoms. The lowest BCUT2D eigenvalue weighted by atomic mass is 10.2. The number of anilines is 2. The number of hydrogen-bond acceptors (Lipinski definition) is 4. The average Bonchev–Trinajstić information content (AvgIpc) is 2.48. The Morgan fingerprint density at radius 2 is 1.95 bits per heavy atom. The third kappa shape index (κ3) is 5.24. The summed E-state index contributed by atoms with van der Waals surface area (Å²) in [6.07, 6.45) is 4.79.